The molecule has 10 aromatic carbocycles. The van der Waals surface area contributed by atoms with E-state index in [0.29, 0.717) is 0 Å². The molecular formula is C54H35NS. The third kappa shape index (κ3) is 5.54. The maximum atomic E-state index is 2.37. The molecule has 0 radical (unpaired) electrons. The van der Waals surface area contributed by atoms with Crippen molar-refractivity contribution >= 4 is 80.9 Å². The molecule has 0 bridgehead atoms. The van der Waals surface area contributed by atoms with Crippen LogP contribution in [0.25, 0.3) is 85.9 Å². The van der Waals surface area contributed by atoms with Gasteiger partial charge in [0.1, 0.15) is 0 Å². The first-order valence-electron chi connectivity index (χ1n) is 19.2. The first kappa shape index (κ1) is 32.4. The summed E-state index contributed by atoms with van der Waals surface area (Å²) in [4.78, 5) is 2.37. The van der Waals surface area contributed by atoms with Crippen LogP contribution in [0.5, 0.6) is 0 Å². The van der Waals surface area contributed by atoms with E-state index in [1.54, 1.807) is 0 Å². The van der Waals surface area contributed by atoms with Gasteiger partial charge in [0.25, 0.3) is 0 Å². The molecule has 0 N–H and O–H groups in total. The predicted molar refractivity (Wildman–Crippen MR) is 243 cm³/mol. The molecule has 0 unspecified atom stereocenters. The summed E-state index contributed by atoms with van der Waals surface area (Å²) in [5.74, 6) is 0. The third-order valence-electron chi connectivity index (χ3n) is 11.3. The second kappa shape index (κ2) is 13.4. The van der Waals surface area contributed by atoms with Crippen molar-refractivity contribution in [1.29, 1.82) is 0 Å². The van der Waals surface area contributed by atoms with Crippen LogP contribution in [-0.4, -0.2) is 0 Å². The largest absolute Gasteiger partial charge is 0.311 e. The smallest absolute Gasteiger partial charge is 0.0462 e. The Labute approximate surface area is 330 Å². The molecule has 0 spiro atoms. The second-order valence-electron chi connectivity index (χ2n) is 14.5. The molecular weight excluding hydrogens is 695 g/mol. The topological polar surface area (TPSA) is 3.24 Å². The van der Waals surface area contributed by atoms with Crippen molar-refractivity contribution in [3.63, 3.8) is 0 Å². The number of hydrogen-bond donors (Lipinski definition) is 0. The highest BCUT2D eigenvalue weighted by atomic mass is 32.1. The van der Waals surface area contributed by atoms with E-state index in [9.17, 15) is 0 Å². The van der Waals surface area contributed by atoms with Crippen LogP contribution in [0.4, 0.5) is 17.1 Å². The Balaban J connectivity index is 1.01. The van der Waals surface area contributed by atoms with Crippen molar-refractivity contribution in [2.24, 2.45) is 0 Å². The normalized spacial score (nSPS) is 11.6. The SMILES string of the molecule is c1ccc2cc(-c3ccc(N(c4ccc(-c5cc6ccccc6c6ccccc56)cc4)c4ccc(-c5cccc6sc7ccccc7c56)cc4)cc3)ccc2c1. The van der Waals surface area contributed by atoms with Crippen LogP contribution in [-0.2, 0) is 0 Å². The molecule has 262 valence electrons. The van der Waals surface area contributed by atoms with E-state index in [-0.39, 0.29) is 0 Å². The Morgan fingerprint density at radius 2 is 0.804 bits per heavy atom. The number of hydrogen-bond acceptors (Lipinski definition) is 2. The summed E-state index contributed by atoms with van der Waals surface area (Å²) in [5, 5.41) is 10.2. The van der Waals surface area contributed by atoms with E-state index in [1.165, 1.54) is 85.9 Å². The van der Waals surface area contributed by atoms with Crippen LogP contribution in [0.15, 0.2) is 212 Å². The molecule has 0 aliphatic carbocycles. The number of rotatable bonds is 6. The minimum absolute atomic E-state index is 1.11. The van der Waals surface area contributed by atoms with Gasteiger partial charge in [0.05, 0.1) is 0 Å². The molecule has 0 fully saturated rings. The van der Waals surface area contributed by atoms with Gasteiger partial charge in [-0.2, -0.15) is 0 Å². The first-order valence-corrected chi connectivity index (χ1v) is 20.0. The zero-order valence-electron chi connectivity index (χ0n) is 30.6. The fourth-order valence-corrected chi connectivity index (χ4v) is 9.64. The summed E-state index contributed by atoms with van der Waals surface area (Å²) in [6.07, 6.45) is 0. The number of nitrogens with zero attached hydrogens (tertiary/aromatic N) is 1. The maximum Gasteiger partial charge on any atom is 0.0462 e. The van der Waals surface area contributed by atoms with Crippen molar-refractivity contribution in [3.05, 3.63) is 212 Å². The summed E-state index contributed by atoms with van der Waals surface area (Å²) < 4.78 is 2.64. The number of fused-ring (bicyclic) bond motifs is 7. The van der Waals surface area contributed by atoms with E-state index < -0.39 is 0 Å². The Kier molecular flexibility index (Phi) is 7.75. The Morgan fingerprint density at radius 3 is 1.52 bits per heavy atom. The molecule has 1 nitrogen and oxygen atoms in total. The standard InChI is InChI=1S/C54H35NS/c1-2-11-40-34-41(21-20-36(40)10-1)37-22-28-43(29-23-37)55(44-30-24-38(25-31-44)47-17-9-19-53-54(47)50-16-7-8-18-52(50)56-53)45-32-26-39(27-33-45)51-35-42-12-3-4-13-46(42)48-14-5-6-15-49(48)51/h1-35H. The van der Waals surface area contributed by atoms with Gasteiger partial charge in [0, 0.05) is 37.2 Å². The Bertz CT molecular complexity index is 3230. The van der Waals surface area contributed by atoms with Crippen LogP contribution in [0, 0.1) is 0 Å². The fourth-order valence-electron chi connectivity index (χ4n) is 8.51. The molecule has 56 heavy (non-hydrogen) atoms. The lowest BCUT2D eigenvalue weighted by Gasteiger charge is -2.26. The lowest BCUT2D eigenvalue weighted by atomic mass is 9.93. The van der Waals surface area contributed by atoms with Crippen molar-refractivity contribution in [3.8, 4) is 33.4 Å². The van der Waals surface area contributed by atoms with Gasteiger partial charge in [0.15, 0.2) is 0 Å². The molecule has 0 atom stereocenters. The molecule has 0 aliphatic heterocycles. The van der Waals surface area contributed by atoms with Crippen LogP contribution in [0.2, 0.25) is 0 Å². The molecule has 11 rings (SSSR count). The van der Waals surface area contributed by atoms with Crippen LogP contribution in [0.1, 0.15) is 0 Å². The summed E-state index contributed by atoms with van der Waals surface area (Å²) in [7, 11) is 0. The zero-order valence-corrected chi connectivity index (χ0v) is 31.4. The minimum atomic E-state index is 1.11. The van der Waals surface area contributed by atoms with E-state index in [0.717, 1.165) is 17.1 Å². The lowest BCUT2D eigenvalue weighted by Crippen LogP contribution is -2.09. The van der Waals surface area contributed by atoms with Crippen LogP contribution in [0.3, 0.4) is 0 Å². The van der Waals surface area contributed by atoms with Gasteiger partial charge in [-0.25, -0.2) is 0 Å². The molecule has 0 saturated carbocycles. The summed E-state index contributed by atoms with van der Waals surface area (Å²) >= 11 is 1.87. The summed E-state index contributed by atoms with van der Waals surface area (Å²) in [5.41, 5.74) is 10.7. The van der Waals surface area contributed by atoms with E-state index in [1.807, 2.05) is 11.3 Å². The monoisotopic (exact) mass is 729 g/mol. The number of thiophene rings is 1. The second-order valence-corrected chi connectivity index (χ2v) is 15.6. The minimum Gasteiger partial charge on any atom is -0.311 e. The van der Waals surface area contributed by atoms with Gasteiger partial charge < -0.3 is 4.90 Å². The highest BCUT2D eigenvalue weighted by Gasteiger charge is 2.16. The van der Waals surface area contributed by atoms with Gasteiger partial charge >= 0.3 is 0 Å². The number of anilines is 3. The molecule has 0 aliphatic rings. The molecule has 1 aromatic heterocycles. The van der Waals surface area contributed by atoms with Crippen LogP contribution < -0.4 is 4.90 Å². The lowest BCUT2D eigenvalue weighted by molar-refractivity contribution is 1.28. The number of benzene rings is 10. The highest BCUT2D eigenvalue weighted by molar-refractivity contribution is 7.25. The van der Waals surface area contributed by atoms with Crippen LogP contribution >= 0.6 is 11.3 Å². The summed E-state index contributed by atoms with van der Waals surface area (Å²) in [6, 6.07) is 77.7. The molecule has 2 heteroatoms. The molecule has 11 aromatic rings. The average Bonchev–Trinajstić information content (AvgIpc) is 3.66. The highest BCUT2D eigenvalue weighted by Crippen LogP contribution is 2.43. The molecule has 1 heterocycles. The first-order chi connectivity index (χ1) is 27.7. The Morgan fingerprint density at radius 1 is 0.286 bits per heavy atom. The van der Waals surface area contributed by atoms with Crippen molar-refractivity contribution in [2.45, 2.75) is 0 Å². The van der Waals surface area contributed by atoms with Gasteiger partial charge in [-0.3, -0.25) is 0 Å². The van der Waals surface area contributed by atoms with E-state index in [4.69, 9.17) is 0 Å². The van der Waals surface area contributed by atoms with Gasteiger partial charge in [0.2, 0.25) is 0 Å². The quantitative estimate of drug-likeness (QED) is 0.154. The van der Waals surface area contributed by atoms with Crippen molar-refractivity contribution in [1.82, 2.24) is 0 Å². The van der Waals surface area contributed by atoms with Gasteiger partial charge in [-0.05, 0) is 126 Å². The van der Waals surface area contributed by atoms with Gasteiger partial charge in [-0.1, -0.05) is 152 Å². The average molecular weight is 730 g/mol. The van der Waals surface area contributed by atoms with E-state index >= 15 is 0 Å². The van der Waals surface area contributed by atoms with Crippen molar-refractivity contribution in [2.75, 3.05) is 4.90 Å². The Hall–Kier alpha value is -7.00. The zero-order chi connectivity index (χ0) is 37.0. The van der Waals surface area contributed by atoms with Gasteiger partial charge in [-0.15, -0.1) is 11.3 Å². The molecule has 0 saturated heterocycles. The summed E-state index contributed by atoms with van der Waals surface area (Å²) in [6.45, 7) is 0. The fraction of sp³-hybridized carbons (Fsp3) is 0. The van der Waals surface area contributed by atoms with E-state index in [2.05, 4.69) is 217 Å². The van der Waals surface area contributed by atoms with Crippen molar-refractivity contribution < 1.29 is 0 Å². The predicted octanol–water partition coefficient (Wildman–Crippen LogP) is 16.0. The third-order valence-corrected chi connectivity index (χ3v) is 12.4. The maximum absolute atomic E-state index is 2.37. The molecule has 0 amide bonds.